The van der Waals surface area contributed by atoms with Gasteiger partial charge in [0.05, 0.1) is 63.7 Å². The van der Waals surface area contributed by atoms with E-state index in [4.69, 9.17) is 4.43 Å². The summed E-state index contributed by atoms with van der Waals surface area (Å²) in [5, 5.41) is 18.8. The largest absolute Gasteiger partial charge is 0.748 e. The van der Waals surface area contributed by atoms with Crippen LogP contribution in [0.5, 0.6) is 0 Å². The second-order valence-electron chi connectivity index (χ2n) is 9.08. The van der Waals surface area contributed by atoms with Crippen LogP contribution in [0, 0.1) is 0 Å². The van der Waals surface area contributed by atoms with Crippen LogP contribution in [0.15, 0.2) is 0 Å². The van der Waals surface area contributed by atoms with E-state index in [1.807, 2.05) is 0 Å². The van der Waals surface area contributed by atoms with Gasteiger partial charge in [0, 0.05) is 24.6 Å². The minimum atomic E-state index is -4.34. The quantitative estimate of drug-likeness (QED) is 0.0761. The van der Waals surface area contributed by atoms with Crippen LogP contribution in [0.25, 0.3) is 0 Å². The third-order valence-corrected chi connectivity index (χ3v) is 8.17. The van der Waals surface area contributed by atoms with Crippen molar-refractivity contribution < 1.29 is 46.2 Å². The molecule has 0 aliphatic rings. The van der Waals surface area contributed by atoms with Gasteiger partial charge in [0.25, 0.3) is 0 Å². The van der Waals surface area contributed by atoms with Crippen molar-refractivity contribution in [1.29, 1.82) is 0 Å². The molecule has 0 saturated heterocycles. The van der Waals surface area contributed by atoms with Crippen LogP contribution < -0.4 is 0 Å². The molecule has 0 aromatic rings. The highest BCUT2D eigenvalue weighted by molar-refractivity contribution is 7.85. The number of quaternary nitrogens is 2. The summed E-state index contributed by atoms with van der Waals surface area (Å²) < 4.78 is 39.0. The van der Waals surface area contributed by atoms with E-state index in [1.165, 1.54) is 6.42 Å². The molecule has 0 aromatic heterocycles. The van der Waals surface area contributed by atoms with Gasteiger partial charge in [-0.2, -0.15) is 0 Å². The van der Waals surface area contributed by atoms with E-state index >= 15 is 0 Å². The van der Waals surface area contributed by atoms with E-state index in [2.05, 4.69) is 21.0 Å². The normalized spacial score (nSPS) is 13.7. The summed E-state index contributed by atoms with van der Waals surface area (Å²) in [7, 11) is -3.92. The van der Waals surface area contributed by atoms with Gasteiger partial charge in [-0.1, -0.05) is 13.3 Å². The van der Waals surface area contributed by atoms with Gasteiger partial charge in [-0.15, -0.1) is 0 Å². The van der Waals surface area contributed by atoms with E-state index in [9.17, 15) is 32.8 Å². The Labute approximate surface area is 189 Å². The van der Waals surface area contributed by atoms with Crippen LogP contribution in [0.2, 0.25) is 6.04 Å². The number of hydrogen-bond donors (Lipinski definition) is 4. The number of unbranched alkanes of at least 4 members (excludes halogenated alkanes) is 2. The minimum absolute atomic E-state index is 0.0120. The molecule has 12 heteroatoms. The molecule has 0 atom stereocenters. The van der Waals surface area contributed by atoms with E-state index in [0.29, 0.717) is 6.42 Å². The van der Waals surface area contributed by atoms with E-state index < -0.39 is 24.7 Å². The maximum absolute atomic E-state index is 10.9. The first-order valence-electron chi connectivity index (χ1n) is 11.2. The summed E-state index contributed by atoms with van der Waals surface area (Å²) in [6.07, 6.45) is 4.22. The Bertz CT molecular complexity index is 569. The van der Waals surface area contributed by atoms with Gasteiger partial charge in [0.15, 0.2) is 0 Å². The summed E-state index contributed by atoms with van der Waals surface area (Å²) in [6, 6.07) is 0.191. The van der Waals surface area contributed by atoms with Crippen LogP contribution in [0.1, 0.15) is 39.0 Å². The Kier molecular flexibility index (Phi) is 14.8. The first-order valence-corrected chi connectivity index (χ1v) is 14.8. The van der Waals surface area contributed by atoms with Crippen molar-refractivity contribution in [3.63, 3.8) is 0 Å². The molecule has 10 nitrogen and oxygen atoms in total. The van der Waals surface area contributed by atoms with Crippen molar-refractivity contribution >= 4 is 18.9 Å². The third-order valence-electron chi connectivity index (χ3n) is 5.71. The molecule has 188 valence electrons. The van der Waals surface area contributed by atoms with Crippen molar-refractivity contribution in [3.8, 4) is 0 Å². The minimum Gasteiger partial charge on any atom is -0.748 e. The van der Waals surface area contributed by atoms with Gasteiger partial charge < -0.3 is 37.7 Å². The molecule has 0 radical (unpaired) electrons. The molecular formula is C19H45N2O8SSi+. The van der Waals surface area contributed by atoms with Crippen LogP contribution in [-0.4, -0.2) is 129 Å². The van der Waals surface area contributed by atoms with Crippen LogP contribution in [0.3, 0.4) is 0 Å². The second kappa shape index (κ2) is 14.9. The fourth-order valence-electron chi connectivity index (χ4n) is 3.79. The Morgan fingerprint density at radius 1 is 0.871 bits per heavy atom. The van der Waals surface area contributed by atoms with E-state index in [0.717, 1.165) is 30.4 Å². The highest BCUT2D eigenvalue weighted by Crippen LogP contribution is 2.14. The number of nitrogens with zero attached hydrogens (tertiary/aromatic N) is 2. The van der Waals surface area contributed by atoms with Gasteiger partial charge in [0.2, 0.25) is 0 Å². The summed E-state index contributed by atoms with van der Waals surface area (Å²) >= 11 is 0. The third kappa shape index (κ3) is 16.2. The van der Waals surface area contributed by atoms with Crippen LogP contribution in [-0.2, 0) is 14.5 Å². The predicted molar refractivity (Wildman–Crippen MR) is 120 cm³/mol. The standard InChI is InChI=1S/C19H45N2O8SSi/c1-4-5-6-9-20(2,3)10-8-19-31(27,28)29-17-14-21(12-15-22,13-16-23)11-7-18-30(24,25)26/h22-23,27-28H,4-19H2,1-3H3/q+1. The summed E-state index contributed by atoms with van der Waals surface area (Å²) in [6.45, 7) is 4.70. The zero-order chi connectivity index (χ0) is 24.0. The number of aliphatic hydroxyl groups is 2. The molecule has 31 heavy (non-hydrogen) atoms. The lowest BCUT2D eigenvalue weighted by Gasteiger charge is -2.38. The van der Waals surface area contributed by atoms with E-state index in [-0.39, 0.29) is 62.9 Å². The molecule has 0 rings (SSSR count). The van der Waals surface area contributed by atoms with Crippen molar-refractivity contribution in [2.24, 2.45) is 0 Å². The van der Waals surface area contributed by atoms with Gasteiger partial charge in [-0.3, -0.25) is 0 Å². The average Bonchev–Trinajstić information content (AvgIpc) is 2.60. The molecule has 0 unspecified atom stereocenters. The number of hydrogen-bond acceptors (Lipinski definition) is 8. The lowest BCUT2D eigenvalue weighted by Crippen LogP contribution is -2.55. The first-order chi connectivity index (χ1) is 14.3. The lowest BCUT2D eigenvalue weighted by molar-refractivity contribution is -0.928. The summed E-state index contributed by atoms with van der Waals surface area (Å²) in [5.41, 5.74) is 0. The molecule has 0 amide bonds. The Balaban J connectivity index is 4.63. The van der Waals surface area contributed by atoms with Gasteiger partial charge in [-0.05, 0) is 12.8 Å². The maximum Gasteiger partial charge on any atom is 0.495 e. The summed E-state index contributed by atoms with van der Waals surface area (Å²) in [5.74, 6) is -0.518. The molecule has 0 aliphatic heterocycles. The van der Waals surface area contributed by atoms with Crippen LogP contribution in [0.4, 0.5) is 0 Å². The molecule has 0 fully saturated rings. The molecule has 0 aromatic carbocycles. The number of aliphatic hydroxyl groups excluding tert-OH is 2. The SMILES string of the molecule is CCCCC[N+](C)(C)CCC[Si](O)(O)OCC[N+](CCO)(CCO)CCCS(=O)(=O)[O-]. The summed E-state index contributed by atoms with van der Waals surface area (Å²) in [4.78, 5) is 20.6. The maximum atomic E-state index is 10.9. The Hall–Kier alpha value is -0.153. The monoisotopic (exact) mass is 489 g/mol. The highest BCUT2D eigenvalue weighted by atomic mass is 32.2. The molecule has 0 aliphatic carbocycles. The van der Waals surface area contributed by atoms with Crippen molar-refractivity contribution in [3.05, 3.63) is 0 Å². The van der Waals surface area contributed by atoms with Gasteiger partial charge in [-0.25, -0.2) is 8.42 Å². The van der Waals surface area contributed by atoms with Gasteiger partial charge >= 0.3 is 8.80 Å². The zero-order valence-electron chi connectivity index (χ0n) is 19.5. The highest BCUT2D eigenvalue weighted by Gasteiger charge is 2.35. The average molecular weight is 490 g/mol. The smallest absolute Gasteiger partial charge is 0.495 e. The molecule has 4 N–H and O–H groups in total. The van der Waals surface area contributed by atoms with Crippen molar-refractivity contribution in [2.45, 2.75) is 45.1 Å². The Morgan fingerprint density at radius 2 is 1.45 bits per heavy atom. The van der Waals surface area contributed by atoms with Gasteiger partial charge in [0.1, 0.15) is 19.6 Å². The Morgan fingerprint density at radius 3 is 1.97 bits per heavy atom. The lowest BCUT2D eigenvalue weighted by atomic mass is 10.2. The molecule has 0 heterocycles. The topological polar surface area (TPSA) is 147 Å². The zero-order valence-corrected chi connectivity index (χ0v) is 21.4. The molecule has 0 spiro atoms. The van der Waals surface area contributed by atoms with E-state index in [1.54, 1.807) is 0 Å². The fourth-order valence-corrected chi connectivity index (χ4v) is 5.45. The molecular weight excluding hydrogens is 444 g/mol. The first kappa shape index (κ1) is 30.8. The van der Waals surface area contributed by atoms with Crippen molar-refractivity contribution in [2.75, 3.05) is 78.9 Å². The second-order valence-corrected chi connectivity index (χ2v) is 12.9. The molecule has 0 saturated carbocycles. The number of rotatable bonds is 20. The van der Waals surface area contributed by atoms with Crippen LogP contribution >= 0.6 is 0 Å². The predicted octanol–water partition coefficient (Wildman–Crippen LogP) is -0.680. The fraction of sp³-hybridized carbons (Fsp3) is 1.00. The molecule has 0 bridgehead atoms. The van der Waals surface area contributed by atoms with Crippen molar-refractivity contribution in [1.82, 2.24) is 0 Å².